The summed E-state index contributed by atoms with van der Waals surface area (Å²) in [5, 5.41) is 7.54. The van der Waals surface area contributed by atoms with E-state index in [9.17, 15) is 4.79 Å². The number of nitrogens with one attached hydrogen (secondary N) is 1. The Balaban J connectivity index is 1.30. The minimum Gasteiger partial charge on any atom is -0.302 e. The third-order valence-corrected chi connectivity index (χ3v) is 5.36. The summed E-state index contributed by atoms with van der Waals surface area (Å²) in [4.78, 5) is 23.4. The Kier molecular flexibility index (Phi) is 5.14. The second-order valence-corrected chi connectivity index (χ2v) is 7.69. The Bertz CT molecular complexity index is 1010. The number of aromatic nitrogens is 4. The molecule has 138 valence electrons. The average molecular weight is 380 g/mol. The second kappa shape index (κ2) is 7.86. The van der Waals surface area contributed by atoms with Crippen LogP contribution < -0.4 is 5.32 Å². The first-order chi connectivity index (χ1) is 13.2. The number of anilines is 1. The number of rotatable bonds is 3. The largest absolute Gasteiger partial charge is 0.302 e. The molecule has 1 saturated heterocycles. The van der Waals surface area contributed by atoms with E-state index < -0.39 is 0 Å². The highest BCUT2D eigenvalue weighted by Gasteiger charge is 2.18. The van der Waals surface area contributed by atoms with Crippen molar-refractivity contribution < 1.29 is 4.79 Å². The summed E-state index contributed by atoms with van der Waals surface area (Å²) in [7, 11) is 0. The molecule has 27 heavy (non-hydrogen) atoms. The smallest absolute Gasteiger partial charge is 0.223 e. The lowest BCUT2D eigenvalue weighted by Crippen LogP contribution is -2.32. The summed E-state index contributed by atoms with van der Waals surface area (Å²) in [5.41, 5.74) is 1.61. The number of amides is 1. The Hall–Kier alpha value is -2.76. The second-order valence-electron chi connectivity index (χ2n) is 6.58. The molecule has 0 radical (unpaired) electrons. The van der Waals surface area contributed by atoms with Crippen LogP contribution in [0.15, 0.2) is 30.7 Å². The molecule has 0 atom stereocenters. The molecule has 7 nitrogen and oxygen atoms in total. The van der Waals surface area contributed by atoms with Gasteiger partial charge in [0.05, 0.1) is 6.20 Å². The average Bonchev–Trinajstić information content (AvgIpc) is 3.29. The predicted molar refractivity (Wildman–Crippen MR) is 104 cm³/mol. The van der Waals surface area contributed by atoms with Gasteiger partial charge in [0.25, 0.3) is 0 Å². The van der Waals surface area contributed by atoms with Gasteiger partial charge in [-0.2, -0.15) is 5.10 Å². The fourth-order valence-corrected chi connectivity index (χ4v) is 4.00. The Morgan fingerprint density at radius 3 is 3.04 bits per heavy atom. The number of carbonyl (C=O) groups excluding carboxylic acids is 1. The highest BCUT2D eigenvalue weighted by Crippen LogP contribution is 2.23. The molecule has 0 aliphatic carbocycles. The molecular weight excluding hydrogens is 360 g/mol. The maximum atomic E-state index is 11.1. The molecule has 4 rings (SSSR count). The lowest BCUT2D eigenvalue weighted by molar-refractivity contribution is -0.114. The molecule has 0 unspecified atom stereocenters. The first kappa shape index (κ1) is 17.6. The van der Waals surface area contributed by atoms with Crippen molar-refractivity contribution in [2.75, 3.05) is 18.4 Å². The van der Waals surface area contributed by atoms with Gasteiger partial charge >= 0.3 is 0 Å². The zero-order valence-electron chi connectivity index (χ0n) is 15.1. The summed E-state index contributed by atoms with van der Waals surface area (Å²) in [6.45, 7) is 4.40. The van der Waals surface area contributed by atoms with E-state index in [-0.39, 0.29) is 5.91 Å². The molecular formula is C19H20N6OS. The minimum atomic E-state index is -0.0860. The molecule has 8 heteroatoms. The summed E-state index contributed by atoms with van der Waals surface area (Å²) in [5.74, 6) is 6.91. The van der Waals surface area contributed by atoms with E-state index in [1.54, 1.807) is 10.7 Å². The highest BCUT2D eigenvalue weighted by molar-refractivity contribution is 7.15. The maximum Gasteiger partial charge on any atom is 0.223 e. The topological polar surface area (TPSA) is 75.4 Å². The van der Waals surface area contributed by atoms with Crippen LogP contribution >= 0.6 is 11.3 Å². The van der Waals surface area contributed by atoms with E-state index in [0.717, 1.165) is 43.8 Å². The van der Waals surface area contributed by atoms with Crippen LogP contribution in [0.4, 0.5) is 5.13 Å². The third kappa shape index (κ3) is 4.51. The molecule has 0 aromatic carbocycles. The Morgan fingerprint density at radius 1 is 1.37 bits per heavy atom. The quantitative estimate of drug-likeness (QED) is 0.706. The predicted octanol–water partition coefficient (Wildman–Crippen LogP) is 2.41. The molecule has 1 fully saturated rings. The van der Waals surface area contributed by atoms with E-state index in [1.165, 1.54) is 23.1 Å². The van der Waals surface area contributed by atoms with Crippen molar-refractivity contribution in [2.45, 2.75) is 26.3 Å². The monoisotopic (exact) mass is 380 g/mol. The number of likely N-dealkylation sites (tertiary alicyclic amines) is 1. The van der Waals surface area contributed by atoms with Gasteiger partial charge in [-0.15, -0.1) is 11.3 Å². The lowest BCUT2D eigenvalue weighted by Gasteiger charge is -2.29. The van der Waals surface area contributed by atoms with Gasteiger partial charge < -0.3 is 5.32 Å². The van der Waals surface area contributed by atoms with Gasteiger partial charge in [-0.25, -0.2) is 14.5 Å². The van der Waals surface area contributed by atoms with E-state index >= 15 is 0 Å². The minimum absolute atomic E-state index is 0.0860. The zero-order valence-corrected chi connectivity index (χ0v) is 15.9. The lowest BCUT2D eigenvalue weighted by atomic mass is 9.97. The van der Waals surface area contributed by atoms with Crippen molar-refractivity contribution in [2.24, 2.45) is 5.92 Å². The molecule has 4 heterocycles. The molecule has 1 amide bonds. The molecule has 1 N–H and O–H groups in total. The van der Waals surface area contributed by atoms with E-state index in [1.807, 2.05) is 24.5 Å². The van der Waals surface area contributed by atoms with Gasteiger partial charge in [0.15, 0.2) is 10.8 Å². The molecule has 3 aromatic rings. The van der Waals surface area contributed by atoms with E-state index in [0.29, 0.717) is 11.0 Å². The van der Waals surface area contributed by atoms with Crippen molar-refractivity contribution in [3.8, 4) is 11.8 Å². The molecule has 1 aliphatic rings. The number of hydrogen-bond acceptors (Lipinski definition) is 6. The van der Waals surface area contributed by atoms with Gasteiger partial charge in [-0.05, 0) is 37.9 Å². The molecule has 1 aliphatic heterocycles. The van der Waals surface area contributed by atoms with Crippen molar-refractivity contribution in [3.05, 3.63) is 41.3 Å². The molecule has 0 spiro atoms. The van der Waals surface area contributed by atoms with Crippen LogP contribution in [0.3, 0.4) is 0 Å². The number of hydrogen-bond donors (Lipinski definition) is 1. The summed E-state index contributed by atoms with van der Waals surface area (Å²) >= 11 is 1.54. The van der Waals surface area contributed by atoms with Crippen LogP contribution in [0.2, 0.25) is 0 Å². The summed E-state index contributed by atoms with van der Waals surface area (Å²) < 4.78 is 1.74. The molecule has 3 aromatic heterocycles. The molecule has 0 saturated carbocycles. The van der Waals surface area contributed by atoms with Gasteiger partial charge in [-0.1, -0.05) is 5.92 Å². The van der Waals surface area contributed by atoms with Crippen LogP contribution in [0.5, 0.6) is 0 Å². The van der Waals surface area contributed by atoms with Gasteiger partial charge in [-0.3, -0.25) is 9.69 Å². The highest BCUT2D eigenvalue weighted by atomic mass is 32.1. The standard InChI is InChI=1S/C19H20N6OS/c1-14(26)22-19-20-12-17(27-19)13-24-9-5-15(6-10-24)2-3-16-7-11-25-18(23-16)4-8-21-25/h4,7-8,11-12,15H,5-6,9-10,13H2,1H3,(H,20,22,26). The summed E-state index contributed by atoms with van der Waals surface area (Å²) in [6, 6.07) is 3.78. The SMILES string of the molecule is CC(=O)Nc1ncc(CN2CCC(C#Cc3ccn4nccc4n3)CC2)s1. The Morgan fingerprint density at radius 2 is 2.22 bits per heavy atom. The van der Waals surface area contributed by atoms with Crippen molar-refractivity contribution >= 4 is 28.0 Å². The van der Waals surface area contributed by atoms with Crippen LogP contribution in [-0.2, 0) is 11.3 Å². The fraction of sp³-hybridized carbons (Fsp3) is 0.368. The number of piperidine rings is 1. The van der Waals surface area contributed by atoms with Crippen LogP contribution in [0, 0.1) is 17.8 Å². The van der Waals surface area contributed by atoms with Crippen LogP contribution in [0.25, 0.3) is 5.65 Å². The van der Waals surface area contributed by atoms with E-state index in [2.05, 4.69) is 37.1 Å². The van der Waals surface area contributed by atoms with Gasteiger partial charge in [0, 0.05) is 42.7 Å². The normalized spacial score (nSPS) is 15.4. The number of fused-ring (bicyclic) bond motifs is 1. The van der Waals surface area contributed by atoms with E-state index in [4.69, 9.17) is 0 Å². The number of carbonyl (C=O) groups is 1. The number of nitrogens with zero attached hydrogens (tertiary/aromatic N) is 5. The summed E-state index contributed by atoms with van der Waals surface area (Å²) in [6.07, 6.45) is 7.58. The zero-order chi connectivity index (χ0) is 18.6. The third-order valence-electron chi connectivity index (χ3n) is 4.47. The van der Waals surface area contributed by atoms with Gasteiger partial charge in [0.1, 0.15) is 5.69 Å². The van der Waals surface area contributed by atoms with Crippen molar-refractivity contribution in [1.82, 2.24) is 24.5 Å². The molecule has 0 bridgehead atoms. The maximum absolute atomic E-state index is 11.1. The van der Waals surface area contributed by atoms with Crippen molar-refractivity contribution in [3.63, 3.8) is 0 Å². The first-order valence-electron chi connectivity index (χ1n) is 8.92. The fourth-order valence-electron chi connectivity index (χ4n) is 3.10. The first-order valence-corrected chi connectivity index (χ1v) is 9.74. The number of thiazole rings is 1. The Labute approximate surface area is 161 Å². The van der Waals surface area contributed by atoms with Gasteiger partial charge in [0.2, 0.25) is 5.91 Å². The van der Waals surface area contributed by atoms with Crippen LogP contribution in [0.1, 0.15) is 30.3 Å². The van der Waals surface area contributed by atoms with Crippen molar-refractivity contribution in [1.29, 1.82) is 0 Å². The van der Waals surface area contributed by atoms with Crippen LogP contribution in [-0.4, -0.2) is 43.5 Å².